The number of aromatic carboxylic acids is 1. The molecule has 3 rings (SSSR count). The number of nitrogens with one attached hydrogen (secondary N) is 1. The van der Waals surface area contributed by atoms with Gasteiger partial charge in [-0.1, -0.05) is 36.4 Å². The number of carboxylic acids is 1. The fraction of sp³-hybridized carbons (Fsp3) is 0.111. The highest BCUT2D eigenvalue weighted by Crippen LogP contribution is 2.24. The molecule has 2 aromatic carbocycles. The molecule has 0 bridgehead atoms. The number of carboxylic acid groups (broad SMARTS) is 1. The van der Waals surface area contributed by atoms with Gasteiger partial charge in [0.2, 0.25) is 11.8 Å². The zero-order chi connectivity index (χ0) is 18.0. The van der Waals surface area contributed by atoms with Gasteiger partial charge in [-0.25, -0.2) is 0 Å². The number of Topliss-reactive ketones (excluding diaryl/α,β-unsaturated/α-hetero) is 1. The molecule has 0 aromatic heterocycles. The Balaban J connectivity index is 1.82. The Morgan fingerprint density at radius 1 is 1.00 bits per heavy atom. The fourth-order valence-electron chi connectivity index (χ4n) is 2.68. The molecular weight excluding hydrogens is 324 g/mol. The number of ketones is 1. The van der Waals surface area contributed by atoms with Crippen molar-refractivity contribution in [1.82, 2.24) is 0 Å². The Morgan fingerprint density at radius 2 is 1.64 bits per heavy atom. The molecule has 1 aliphatic heterocycles. The van der Waals surface area contributed by atoms with Crippen LogP contribution >= 0.6 is 0 Å². The summed E-state index contributed by atoms with van der Waals surface area (Å²) in [7, 11) is 0. The maximum Gasteiger partial charge on any atom is 0.247 e. The van der Waals surface area contributed by atoms with Gasteiger partial charge in [-0.2, -0.15) is 0 Å². The first-order valence-corrected chi connectivity index (χ1v) is 7.49. The van der Waals surface area contributed by atoms with Crippen molar-refractivity contribution >= 4 is 34.9 Å². The van der Waals surface area contributed by atoms with Crippen LogP contribution in [-0.4, -0.2) is 30.1 Å². The monoisotopic (exact) mass is 337 g/mol. The number of hydrogen-bond acceptors (Lipinski definition) is 5. The third kappa shape index (κ3) is 3.12. The molecule has 0 saturated carbocycles. The molecule has 0 aliphatic carbocycles. The molecule has 0 unspecified atom stereocenters. The molecule has 0 spiro atoms. The second-order valence-electron chi connectivity index (χ2n) is 5.48. The summed E-state index contributed by atoms with van der Waals surface area (Å²) in [5, 5.41) is 13.4. The van der Waals surface area contributed by atoms with E-state index in [2.05, 4.69) is 5.32 Å². The Morgan fingerprint density at radius 3 is 2.32 bits per heavy atom. The van der Waals surface area contributed by atoms with Gasteiger partial charge in [-0.15, -0.1) is 0 Å². The molecule has 1 aliphatic rings. The first-order valence-electron chi connectivity index (χ1n) is 7.49. The van der Waals surface area contributed by atoms with Crippen LogP contribution in [0.25, 0.3) is 0 Å². The summed E-state index contributed by atoms with van der Waals surface area (Å²) in [4.78, 5) is 49.4. The van der Waals surface area contributed by atoms with Gasteiger partial charge >= 0.3 is 0 Å². The van der Waals surface area contributed by atoms with Crippen LogP contribution in [0.15, 0.2) is 54.6 Å². The van der Waals surface area contributed by atoms with E-state index in [0.29, 0.717) is 5.69 Å². The van der Waals surface area contributed by atoms with Crippen molar-refractivity contribution in [3.05, 3.63) is 60.2 Å². The molecule has 1 fully saturated rings. The van der Waals surface area contributed by atoms with Gasteiger partial charge in [-0.05, 0) is 18.2 Å². The minimum atomic E-state index is -1.50. The van der Waals surface area contributed by atoms with E-state index in [1.54, 1.807) is 30.3 Å². The van der Waals surface area contributed by atoms with Crippen LogP contribution in [0.1, 0.15) is 10.4 Å². The van der Waals surface area contributed by atoms with Gasteiger partial charge in [0.05, 0.1) is 12.5 Å². The molecule has 2 amide bonds. The van der Waals surface area contributed by atoms with Crippen molar-refractivity contribution in [2.45, 2.75) is 0 Å². The number of benzene rings is 2. The van der Waals surface area contributed by atoms with E-state index in [1.807, 2.05) is 0 Å². The highest BCUT2D eigenvalue weighted by Gasteiger charge is 2.44. The van der Waals surface area contributed by atoms with Gasteiger partial charge in [0.1, 0.15) is 0 Å². The summed E-state index contributed by atoms with van der Waals surface area (Å²) in [5.74, 6) is -5.01. The SMILES string of the molecule is O=C([O-])c1ccccc1NC(=O)[C@H]1C(=O)CN(c2ccccc2)C1=O. The predicted octanol–water partition coefficient (Wildman–Crippen LogP) is 0.221. The van der Waals surface area contributed by atoms with Crippen LogP contribution < -0.4 is 15.3 Å². The fourth-order valence-corrected chi connectivity index (χ4v) is 2.68. The van der Waals surface area contributed by atoms with Gasteiger partial charge < -0.3 is 20.1 Å². The number of hydrogen-bond donors (Lipinski definition) is 1. The Kier molecular flexibility index (Phi) is 4.30. The lowest BCUT2D eigenvalue weighted by Crippen LogP contribution is -2.35. The number of carbonyl (C=O) groups excluding carboxylic acids is 4. The Labute approximate surface area is 142 Å². The number of amides is 2. The molecule has 1 atom stereocenters. The molecular formula is C18H13N2O5-. The topological polar surface area (TPSA) is 107 Å². The van der Waals surface area contributed by atoms with E-state index in [0.717, 1.165) is 0 Å². The quantitative estimate of drug-likeness (QED) is 0.803. The number of nitrogens with zero attached hydrogens (tertiary/aromatic N) is 1. The van der Waals surface area contributed by atoms with Crippen LogP contribution in [0.2, 0.25) is 0 Å². The summed E-state index contributed by atoms with van der Waals surface area (Å²) in [5.41, 5.74) is 0.270. The summed E-state index contributed by atoms with van der Waals surface area (Å²) in [6.07, 6.45) is 0. The maximum atomic E-state index is 12.5. The van der Waals surface area contributed by atoms with E-state index in [1.165, 1.54) is 29.2 Å². The normalized spacial score (nSPS) is 16.8. The van der Waals surface area contributed by atoms with Crippen molar-refractivity contribution in [2.24, 2.45) is 5.92 Å². The second-order valence-corrected chi connectivity index (χ2v) is 5.48. The molecule has 126 valence electrons. The molecule has 7 nitrogen and oxygen atoms in total. The van der Waals surface area contributed by atoms with Crippen LogP contribution in [0.4, 0.5) is 11.4 Å². The molecule has 0 radical (unpaired) electrons. The van der Waals surface area contributed by atoms with Crippen molar-refractivity contribution < 1.29 is 24.3 Å². The van der Waals surface area contributed by atoms with E-state index in [9.17, 15) is 24.3 Å². The molecule has 2 aromatic rings. The molecule has 1 saturated heterocycles. The van der Waals surface area contributed by atoms with Crippen LogP contribution in [0.3, 0.4) is 0 Å². The minimum absolute atomic E-state index is 0.0220. The third-order valence-electron chi connectivity index (χ3n) is 3.88. The van der Waals surface area contributed by atoms with Crippen molar-refractivity contribution in [1.29, 1.82) is 0 Å². The summed E-state index contributed by atoms with van der Waals surface area (Å²) in [6.45, 7) is -0.205. The lowest BCUT2D eigenvalue weighted by atomic mass is 10.1. The molecule has 1 heterocycles. The first kappa shape index (κ1) is 16.4. The van der Waals surface area contributed by atoms with Crippen molar-refractivity contribution in [2.75, 3.05) is 16.8 Å². The zero-order valence-electron chi connectivity index (χ0n) is 13.0. The largest absolute Gasteiger partial charge is 0.545 e. The van der Waals surface area contributed by atoms with Gasteiger partial charge in [-0.3, -0.25) is 14.4 Å². The van der Waals surface area contributed by atoms with E-state index in [-0.39, 0.29) is 17.8 Å². The first-order chi connectivity index (χ1) is 12.0. The second kappa shape index (κ2) is 6.56. The van der Waals surface area contributed by atoms with E-state index < -0.39 is 29.5 Å². The van der Waals surface area contributed by atoms with Crippen LogP contribution in [0, 0.1) is 5.92 Å². The smallest absolute Gasteiger partial charge is 0.247 e. The standard InChI is InChI=1S/C18H14N2O5/c21-14-10-20(11-6-2-1-3-7-11)17(23)15(14)16(22)19-13-9-5-4-8-12(13)18(24)25/h1-9,15H,10H2,(H,19,22)(H,24,25)/p-1/t15-/m1/s1. The zero-order valence-corrected chi connectivity index (χ0v) is 13.0. The average Bonchev–Trinajstić information content (AvgIpc) is 2.90. The van der Waals surface area contributed by atoms with E-state index in [4.69, 9.17) is 0 Å². The summed E-state index contributed by atoms with van der Waals surface area (Å²) < 4.78 is 0. The lowest BCUT2D eigenvalue weighted by molar-refractivity contribution is -0.254. The Hall–Kier alpha value is -3.48. The highest BCUT2D eigenvalue weighted by molar-refractivity contribution is 6.30. The number of para-hydroxylation sites is 2. The summed E-state index contributed by atoms with van der Waals surface area (Å²) >= 11 is 0. The number of rotatable bonds is 4. The van der Waals surface area contributed by atoms with Gasteiger partial charge in [0.15, 0.2) is 11.7 Å². The third-order valence-corrected chi connectivity index (χ3v) is 3.88. The van der Waals surface area contributed by atoms with Crippen molar-refractivity contribution in [3.8, 4) is 0 Å². The average molecular weight is 337 g/mol. The number of anilines is 2. The number of carbonyl (C=O) groups is 4. The van der Waals surface area contributed by atoms with Crippen LogP contribution in [0.5, 0.6) is 0 Å². The highest BCUT2D eigenvalue weighted by atomic mass is 16.4. The van der Waals surface area contributed by atoms with E-state index >= 15 is 0 Å². The summed E-state index contributed by atoms with van der Waals surface area (Å²) in [6, 6.07) is 14.2. The van der Waals surface area contributed by atoms with Crippen molar-refractivity contribution in [3.63, 3.8) is 0 Å². The molecule has 7 heteroatoms. The predicted molar refractivity (Wildman–Crippen MR) is 86.7 cm³/mol. The van der Waals surface area contributed by atoms with Gasteiger partial charge in [0.25, 0.3) is 0 Å². The minimum Gasteiger partial charge on any atom is -0.545 e. The Bertz CT molecular complexity index is 863. The molecule has 25 heavy (non-hydrogen) atoms. The maximum absolute atomic E-state index is 12.5. The van der Waals surface area contributed by atoms with Crippen LogP contribution in [-0.2, 0) is 14.4 Å². The van der Waals surface area contributed by atoms with Gasteiger partial charge in [0, 0.05) is 16.9 Å². The molecule has 1 N–H and O–H groups in total. The lowest BCUT2D eigenvalue weighted by Gasteiger charge is -2.16.